The molecule has 0 spiro atoms. The number of fused-ring (bicyclic) bond motifs is 10. The molecule has 9 nitrogen and oxygen atoms in total. The predicted molar refractivity (Wildman–Crippen MR) is 416 cm³/mol. The van der Waals surface area contributed by atoms with Crippen molar-refractivity contribution in [2.24, 2.45) is 0 Å². The van der Waals surface area contributed by atoms with E-state index in [4.69, 9.17) is 24.9 Å². The third-order valence-electron chi connectivity index (χ3n) is 20.2. The molecular weight excluding hydrogens is 1230 g/mol. The lowest BCUT2D eigenvalue weighted by atomic mass is 9.33. The molecule has 4 aromatic heterocycles. The van der Waals surface area contributed by atoms with E-state index in [0.717, 1.165) is 111 Å². The second-order valence-electron chi connectivity index (χ2n) is 25.9. The Labute approximate surface area is 583 Å². The summed E-state index contributed by atoms with van der Waals surface area (Å²) < 4.78 is 4.79. The summed E-state index contributed by atoms with van der Waals surface area (Å²) in [6, 6.07) is 125. The normalized spacial score (nSPS) is 12.3. The van der Waals surface area contributed by atoms with Crippen LogP contribution in [0.15, 0.2) is 352 Å². The molecule has 2 aliphatic heterocycles. The van der Waals surface area contributed by atoms with Crippen LogP contribution in [0, 0.1) is 0 Å². The Hall–Kier alpha value is -13.6. The number of hydrogen-bond acceptors (Lipinski definition) is 7. The predicted octanol–water partition coefficient (Wildman–Crippen LogP) is 20.6. The van der Waals surface area contributed by atoms with Crippen molar-refractivity contribution in [2.45, 2.75) is 0 Å². The molecule has 20 rings (SSSR count). The van der Waals surface area contributed by atoms with Gasteiger partial charge in [-0.05, 0) is 137 Å². The summed E-state index contributed by atoms with van der Waals surface area (Å²) in [5.41, 5.74) is 26.3. The van der Waals surface area contributed by atoms with Crippen LogP contribution in [0.2, 0.25) is 0 Å². The molecule has 0 aliphatic carbocycles. The molecule has 101 heavy (non-hydrogen) atoms. The van der Waals surface area contributed by atoms with E-state index in [2.05, 4.69) is 304 Å². The van der Waals surface area contributed by atoms with E-state index in [0.29, 0.717) is 23.3 Å². The van der Waals surface area contributed by atoms with Crippen molar-refractivity contribution in [3.63, 3.8) is 0 Å². The van der Waals surface area contributed by atoms with Gasteiger partial charge in [-0.3, -0.25) is 0 Å². The highest BCUT2D eigenvalue weighted by atomic mass is 15.2. The Bertz CT molecular complexity index is 6200. The summed E-state index contributed by atoms with van der Waals surface area (Å²) in [5, 5.41) is 4.64. The molecule has 0 N–H and O–H groups in total. The average molecular weight is 1290 g/mol. The Morgan fingerprint density at radius 2 is 0.624 bits per heavy atom. The van der Waals surface area contributed by atoms with Crippen molar-refractivity contribution in [3.8, 4) is 90.6 Å². The number of anilines is 6. The molecule has 14 aromatic carbocycles. The van der Waals surface area contributed by atoms with E-state index >= 15 is 0 Å². The minimum Gasteiger partial charge on any atom is -0.311 e. The Morgan fingerprint density at radius 3 is 1.19 bits per heavy atom. The molecule has 10 heteroatoms. The molecule has 0 atom stereocenters. The minimum atomic E-state index is 0.0704. The van der Waals surface area contributed by atoms with Crippen LogP contribution in [-0.4, -0.2) is 40.8 Å². The second kappa shape index (κ2) is 23.6. The van der Waals surface area contributed by atoms with E-state index in [-0.39, 0.29) is 6.71 Å². The van der Waals surface area contributed by atoms with Gasteiger partial charge >= 0.3 is 0 Å². The second-order valence-corrected chi connectivity index (χ2v) is 25.9. The molecule has 0 bridgehead atoms. The van der Waals surface area contributed by atoms with Gasteiger partial charge in [0, 0.05) is 94.7 Å². The average Bonchev–Trinajstić information content (AvgIpc) is 1.71. The summed E-state index contributed by atoms with van der Waals surface area (Å²) in [6.07, 6.45) is 0. The molecule has 470 valence electrons. The SMILES string of the molecule is c1ccc(-c2cc(-c3ccc(-c4ccc(N5c6ccccc6B6c7ccccc7N(c7ccccc7)c7cccc5c76)cc4)cc3)nc(-c3cc(-c4nc(-c5ccccc5)nc(-c5ccccc5)n4)ccc3-n3c4ccccc4c4cc5c6ccccc6n(-c6ccccc6)c5cc43)n2)cc1. The molecule has 0 radical (unpaired) electrons. The van der Waals surface area contributed by atoms with Gasteiger partial charge in [-0.25, -0.2) is 24.9 Å². The lowest BCUT2D eigenvalue weighted by molar-refractivity contribution is 1.07. The fourth-order valence-corrected chi connectivity index (χ4v) is 15.6. The van der Waals surface area contributed by atoms with Crippen molar-refractivity contribution < 1.29 is 0 Å². The maximum atomic E-state index is 5.70. The first-order valence-electron chi connectivity index (χ1n) is 34.3. The highest BCUT2D eigenvalue weighted by Crippen LogP contribution is 2.46. The number of nitrogens with zero attached hydrogens (tertiary/aromatic N) is 9. The number of rotatable bonds is 11. The van der Waals surface area contributed by atoms with Crippen LogP contribution in [0.5, 0.6) is 0 Å². The van der Waals surface area contributed by atoms with Crippen LogP contribution in [0.1, 0.15) is 0 Å². The van der Waals surface area contributed by atoms with Crippen LogP contribution in [-0.2, 0) is 0 Å². The summed E-state index contributed by atoms with van der Waals surface area (Å²) in [5.74, 6) is 2.23. The zero-order chi connectivity index (χ0) is 66.5. The van der Waals surface area contributed by atoms with E-state index in [1.165, 1.54) is 49.9 Å². The van der Waals surface area contributed by atoms with Crippen molar-refractivity contribution in [2.75, 3.05) is 9.80 Å². The topological polar surface area (TPSA) is 80.8 Å². The Balaban J connectivity index is 0.741. The number of para-hydroxylation sites is 6. The zero-order valence-corrected chi connectivity index (χ0v) is 54.6. The van der Waals surface area contributed by atoms with Gasteiger partial charge < -0.3 is 18.9 Å². The maximum absolute atomic E-state index is 5.70. The largest absolute Gasteiger partial charge is 0.311 e. The number of aromatic nitrogens is 7. The molecule has 2 aliphatic rings. The quantitative estimate of drug-likeness (QED) is 0.119. The van der Waals surface area contributed by atoms with E-state index in [1.807, 2.05) is 66.7 Å². The summed E-state index contributed by atoms with van der Waals surface area (Å²) in [6.45, 7) is 0.0704. The highest BCUT2D eigenvalue weighted by molar-refractivity contribution is 7.00. The maximum Gasteiger partial charge on any atom is 0.252 e. The smallest absolute Gasteiger partial charge is 0.252 e. The van der Waals surface area contributed by atoms with Crippen LogP contribution in [0.4, 0.5) is 34.1 Å². The molecule has 0 unspecified atom stereocenters. The first-order valence-corrected chi connectivity index (χ1v) is 34.3. The monoisotopic (exact) mass is 1290 g/mol. The third kappa shape index (κ3) is 9.59. The van der Waals surface area contributed by atoms with Crippen LogP contribution in [0.3, 0.4) is 0 Å². The molecule has 0 amide bonds. The first kappa shape index (κ1) is 57.7. The standard InChI is InChI=1S/C91H58BN9/c1-6-25-61(26-7-1)76-57-77(62-47-45-59(46-48-62)60-49-52-68(53-50-60)100-82-42-23-19-38-75(82)92-74-37-18-22-41-81(74)99(67-33-14-5-15-34-67)83-43-24-44-84(100)87(83)92)94-91(93-76)73-55-65(90-96-88(63-27-8-2-9-28-63)95-89(97-90)64-29-10-3-11-30-64)51-54-80(73)101-79-40-21-17-36-70(79)72-56-71-69-35-16-20-39-78(69)98(85(71)58-86(72)101)66-31-12-4-13-32-66/h1-58H. The summed E-state index contributed by atoms with van der Waals surface area (Å²) in [4.78, 5) is 31.9. The van der Waals surface area contributed by atoms with Gasteiger partial charge in [-0.1, -0.05) is 243 Å². The van der Waals surface area contributed by atoms with Gasteiger partial charge in [0.15, 0.2) is 23.3 Å². The van der Waals surface area contributed by atoms with Crippen LogP contribution < -0.4 is 26.2 Å². The molecule has 18 aromatic rings. The van der Waals surface area contributed by atoms with Gasteiger partial charge in [-0.15, -0.1) is 0 Å². The van der Waals surface area contributed by atoms with Gasteiger partial charge in [0.25, 0.3) is 6.71 Å². The minimum absolute atomic E-state index is 0.0704. The van der Waals surface area contributed by atoms with E-state index in [9.17, 15) is 0 Å². The molecule has 0 saturated carbocycles. The van der Waals surface area contributed by atoms with Gasteiger partial charge in [0.1, 0.15) is 0 Å². The van der Waals surface area contributed by atoms with Crippen molar-refractivity contribution in [1.29, 1.82) is 0 Å². The highest BCUT2D eigenvalue weighted by Gasteiger charge is 2.43. The molecule has 6 heterocycles. The van der Waals surface area contributed by atoms with Crippen molar-refractivity contribution >= 4 is 101 Å². The Morgan fingerprint density at radius 1 is 0.218 bits per heavy atom. The third-order valence-corrected chi connectivity index (χ3v) is 20.2. The van der Waals surface area contributed by atoms with Gasteiger partial charge in [0.2, 0.25) is 0 Å². The first-order chi connectivity index (χ1) is 50.1. The molecular formula is C91H58BN9. The summed E-state index contributed by atoms with van der Waals surface area (Å²) >= 11 is 0. The number of hydrogen-bond donors (Lipinski definition) is 0. The van der Waals surface area contributed by atoms with Crippen molar-refractivity contribution in [1.82, 2.24) is 34.1 Å². The van der Waals surface area contributed by atoms with E-state index in [1.54, 1.807) is 0 Å². The summed E-state index contributed by atoms with van der Waals surface area (Å²) in [7, 11) is 0. The van der Waals surface area contributed by atoms with Crippen LogP contribution in [0.25, 0.3) is 134 Å². The molecule has 0 saturated heterocycles. The lowest BCUT2D eigenvalue weighted by Gasteiger charge is -2.44. The lowest BCUT2D eigenvalue weighted by Crippen LogP contribution is -2.61. The van der Waals surface area contributed by atoms with Gasteiger partial charge in [0.05, 0.1) is 39.1 Å². The molecule has 0 fully saturated rings. The van der Waals surface area contributed by atoms with Crippen LogP contribution >= 0.6 is 0 Å². The fraction of sp³-hybridized carbons (Fsp3) is 0. The van der Waals surface area contributed by atoms with E-state index < -0.39 is 0 Å². The fourth-order valence-electron chi connectivity index (χ4n) is 15.6. The van der Waals surface area contributed by atoms with Crippen molar-refractivity contribution in [3.05, 3.63) is 352 Å². The zero-order valence-electron chi connectivity index (χ0n) is 54.6. The number of benzene rings is 14. The van der Waals surface area contributed by atoms with Gasteiger partial charge in [-0.2, -0.15) is 0 Å². The Kier molecular flexibility index (Phi) is 13.5.